The second kappa shape index (κ2) is 4.73. The highest BCUT2D eigenvalue weighted by molar-refractivity contribution is 7.98. The van der Waals surface area contributed by atoms with Crippen molar-refractivity contribution in [2.45, 2.75) is 0 Å². The third-order valence-corrected chi connectivity index (χ3v) is 0.645. The third-order valence-electron chi connectivity index (χ3n) is 0.258. The van der Waals surface area contributed by atoms with Gasteiger partial charge < -0.3 is 0 Å². The van der Waals surface area contributed by atoms with Crippen LogP contribution < -0.4 is 0 Å². The highest BCUT2D eigenvalue weighted by atomic mass is 32.2. The molecule has 0 rings (SSSR count). The molecule has 0 heterocycles. The van der Waals surface area contributed by atoms with E-state index < -0.39 is 0 Å². The summed E-state index contributed by atoms with van der Waals surface area (Å²) in [5, 5.41) is 0. The molecule has 0 atom stereocenters. The maximum Gasteiger partial charge on any atom is 0.235 e. The van der Waals surface area contributed by atoms with E-state index in [0.29, 0.717) is 5.88 Å². The van der Waals surface area contributed by atoms with Gasteiger partial charge in [0.25, 0.3) is 0 Å². The molecule has 0 aliphatic rings. The Bertz CT molecular complexity index is 67.2. The largest absolute Gasteiger partial charge is 0.235 e. The zero-order valence-corrected chi connectivity index (χ0v) is 4.29. The molecule has 0 N–H and O–H groups in total. The lowest BCUT2D eigenvalue weighted by Gasteiger charge is -1.72. The maximum absolute atomic E-state index is 9.26. The Hall–Kier alpha value is -0.270. The molecule has 0 fully saturated rings. The number of nitrogens with zero attached hydrogens (tertiary/aromatic N) is 1. The summed E-state index contributed by atoms with van der Waals surface area (Å²) in [6.45, 7) is 0. The molecule has 0 bridgehead atoms. The van der Waals surface area contributed by atoms with Gasteiger partial charge in [-0.25, -0.2) is 4.79 Å². The summed E-state index contributed by atoms with van der Waals surface area (Å²) in [4.78, 5) is 12.5. The summed E-state index contributed by atoms with van der Waals surface area (Å²) in [6.07, 6.45) is 3.30. The number of hydrogen-bond donors (Lipinski definition) is 0. The molecule has 0 saturated carbocycles. The van der Waals surface area contributed by atoms with Crippen LogP contribution in [0.4, 0.5) is 0 Å². The van der Waals surface area contributed by atoms with E-state index in [9.17, 15) is 4.79 Å². The number of aliphatic imine (C=N–C) groups is 1. The van der Waals surface area contributed by atoms with Crippen molar-refractivity contribution in [1.29, 1.82) is 0 Å². The van der Waals surface area contributed by atoms with Crippen LogP contribution in [-0.4, -0.2) is 18.2 Å². The quantitative estimate of drug-likeness (QED) is 0.379. The summed E-state index contributed by atoms with van der Waals surface area (Å²) < 4.78 is 0. The molecule has 0 aliphatic heterocycles. The molecule has 0 unspecified atom stereocenters. The minimum atomic E-state index is 0.531. The Morgan fingerprint density at radius 3 is 2.83 bits per heavy atom. The molecule has 0 amide bonds. The van der Waals surface area contributed by atoms with Crippen LogP contribution in [0.1, 0.15) is 0 Å². The number of isocyanates is 1. The monoisotopic (exact) mass is 103 g/mol. The molecule has 0 aromatic rings. The topological polar surface area (TPSA) is 29.4 Å². The Morgan fingerprint density at radius 2 is 2.67 bits per heavy atom. The van der Waals surface area contributed by atoms with Gasteiger partial charge in [-0.3, -0.25) is 0 Å². The van der Waals surface area contributed by atoms with Crippen molar-refractivity contribution in [2.75, 3.05) is 12.1 Å². The van der Waals surface area contributed by atoms with E-state index in [2.05, 4.69) is 4.99 Å². The fraction of sp³-hybridized carbons (Fsp3) is 0.667. The Kier molecular flexibility index (Phi) is 4.52. The van der Waals surface area contributed by atoms with Gasteiger partial charge in [0, 0.05) is 0 Å². The molecule has 0 aromatic carbocycles. The number of thioether (sulfide) groups is 1. The summed E-state index contributed by atoms with van der Waals surface area (Å²) >= 11 is 1.50. The second-order valence-electron chi connectivity index (χ2n) is 0.667. The highest BCUT2D eigenvalue weighted by Gasteiger charge is 1.65. The van der Waals surface area contributed by atoms with Gasteiger partial charge in [0.2, 0.25) is 6.08 Å². The van der Waals surface area contributed by atoms with Crippen molar-refractivity contribution >= 4 is 17.8 Å². The van der Waals surface area contributed by atoms with Crippen molar-refractivity contribution in [3.05, 3.63) is 0 Å². The average Bonchev–Trinajstić information content (AvgIpc) is 1.61. The van der Waals surface area contributed by atoms with E-state index in [1.165, 1.54) is 17.8 Å². The molecule has 3 heteroatoms. The van der Waals surface area contributed by atoms with Crippen LogP contribution in [0.3, 0.4) is 0 Å². The standard InChI is InChI=1S/C3H5NOS/c1-6-3-4-2-5/h3H2,1H3. The predicted octanol–water partition coefficient (Wildman–Crippen LogP) is 0.643. The van der Waals surface area contributed by atoms with Crippen molar-refractivity contribution in [3.63, 3.8) is 0 Å². The molecule has 0 saturated heterocycles. The molecule has 0 spiro atoms. The molecule has 34 valence electrons. The van der Waals surface area contributed by atoms with E-state index >= 15 is 0 Å². The van der Waals surface area contributed by atoms with Gasteiger partial charge >= 0.3 is 0 Å². The van der Waals surface area contributed by atoms with Crippen molar-refractivity contribution < 1.29 is 4.79 Å². The summed E-state index contributed by atoms with van der Waals surface area (Å²) in [6, 6.07) is 0. The van der Waals surface area contributed by atoms with Crippen LogP contribution in [0.5, 0.6) is 0 Å². The van der Waals surface area contributed by atoms with Crippen LogP contribution >= 0.6 is 11.8 Å². The van der Waals surface area contributed by atoms with Crippen molar-refractivity contribution in [2.24, 2.45) is 4.99 Å². The van der Waals surface area contributed by atoms with Gasteiger partial charge in [-0.15, -0.1) is 11.8 Å². The fourth-order valence-corrected chi connectivity index (χ4v) is 0.273. The van der Waals surface area contributed by atoms with E-state index in [-0.39, 0.29) is 0 Å². The molecule has 6 heavy (non-hydrogen) atoms. The molecule has 0 aliphatic carbocycles. The van der Waals surface area contributed by atoms with Crippen LogP contribution in [0.15, 0.2) is 4.99 Å². The zero-order valence-electron chi connectivity index (χ0n) is 3.47. The van der Waals surface area contributed by atoms with Gasteiger partial charge in [-0.2, -0.15) is 4.99 Å². The van der Waals surface area contributed by atoms with Crippen LogP contribution in [0, 0.1) is 0 Å². The van der Waals surface area contributed by atoms with Gasteiger partial charge in [-0.1, -0.05) is 0 Å². The summed E-state index contributed by atoms with van der Waals surface area (Å²) in [5.74, 6) is 0.531. The van der Waals surface area contributed by atoms with Crippen molar-refractivity contribution in [1.82, 2.24) is 0 Å². The molecule has 2 nitrogen and oxygen atoms in total. The van der Waals surface area contributed by atoms with E-state index in [4.69, 9.17) is 0 Å². The van der Waals surface area contributed by atoms with Gasteiger partial charge in [-0.05, 0) is 6.26 Å². The Morgan fingerprint density at radius 1 is 2.00 bits per heavy atom. The van der Waals surface area contributed by atoms with Gasteiger partial charge in [0.1, 0.15) is 0 Å². The highest BCUT2D eigenvalue weighted by Crippen LogP contribution is 1.87. The number of hydrogen-bond acceptors (Lipinski definition) is 3. The van der Waals surface area contributed by atoms with E-state index in [1.807, 2.05) is 6.26 Å². The lowest BCUT2D eigenvalue weighted by molar-refractivity contribution is 0.564. The minimum absolute atomic E-state index is 0.531. The van der Waals surface area contributed by atoms with E-state index in [1.54, 1.807) is 0 Å². The van der Waals surface area contributed by atoms with Gasteiger partial charge in [0.05, 0.1) is 5.88 Å². The zero-order chi connectivity index (χ0) is 4.83. The predicted molar refractivity (Wildman–Crippen MR) is 26.5 cm³/mol. The van der Waals surface area contributed by atoms with Crippen LogP contribution in [0.25, 0.3) is 0 Å². The summed E-state index contributed by atoms with van der Waals surface area (Å²) in [7, 11) is 0. The third kappa shape index (κ3) is 3.73. The first kappa shape index (κ1) is 5.73. The SMILES string of the molecule is CSCN=C=O. The van der Waals surface area contributed by atoms with E-state index in [0.717, 1.165) is 0 Å². The minimum Gasteiger partial charge on any atom is -0.211 e. The summed E-state index contributed by atoms with van der Waals surface area (Å²) in [5.41, 5.74) is 0. The van der Waals surface area contributed by atoms with Crippen LogP contribution in [0.2, 0.25) is 0 Å². The van der Waals surface area contributed by atoms with Crippen molar-refractivity contribution in [3.8, 4) is 0 Å². The molecule has 0 radical (unpaired) electrons. The Balaban J connectivity index is 2.86. The van der Waals surface area contributed by atoms with Gasteiger partial charge in [0.15, 0.2) is 0 Å². The van der Waals surface area contributed by atoms with Crippen LogP contribution in [-0.2, 0) is 4.79 Å². The lowest BCUT2D eigenvalue weighted by atomic mass is 11.4. The molecular weight excluding hydrogens is 98.1 g/mol. The smallest absolute Gasteiger partial charge is 0.211 e. The Labute approximate surface area is 40.6 Å². The first-order valence-electron chi connectivity index (χ1n) is 1.44. The molecular formula is C3H5NOS. The number of rotatable bonds is 2. The first-order valence-corrected chi connectivity index (χ1v) is 2.83. The average molecular weight is 103 g/mol. The fourth-order valence-electron chi connectivity index (χ4n) is 0.0909. The maximum atomic E-state index is 9.26. The first-order chi connectivity index (χ1) is 2.91. The lowest BCUT2D eigenvalue weighted by Crippen LogP contribution is -1.61. The number of carbonyl (C=O) groups excluding carboxylic acids is 1. The second-order valence-corrected chi connectivity index (χ2v) is 1.50. The normalized spacial score (nSPS) is 6.83. The molecule has 0 aromatic heterocycles.